The highest BCUT2D eigenvalue weighted by Crippen LogP contribution is 2.63. The molecule has 5 atom stereocenters. The molecule has 5 rings (SSSR count). The van der Waals surface area contributed by atoms with Gasteiger partial charge in [0, 0.05) is 17.7 Å². The van der Waals surface area contributed by atoms with Gasteiger partial charge in [-0.15, -0.1) is 11.6 Å². The molecule has 32 heavy (non-hydrogen) atoms. The molecule has 0 amide bonds. The summed E-state index contributed by atoms with van der Waals surface area (Å²) in [6, 6.07) is 17.8. The van der Waals surface area contributed by atoms with Crippen LogP contribution in [0.3, 0.4) is 0 Å². The third-order valence-electron chi connectivity index (χ3n) is 8.71. The summed E-state index contributed by atoms with van der Waals surface area (Å²) in [6.07, 6.45) is 8.41. The van der Waals surface area contributed by atoms with Gasteiger partial charge in [0.15, 0.2) is 0 Å². The van der Waals surface area contributed by atoms with Crippen molar-refractivity contribution in [3.63, 3.8) is 0 Å². The summed E-state index contributed by atoms with van der Waals surface area (Å²) in [6.45, 7) is 3.01. The Kier molecular flexibility index (Phi) is 6.34. The summed E-state index contributed by atoms with van der Waals surface area (Å²) >= 11 is 5.76. The van der Waals surface area contributed by atoms with Crippen molar-refractivity contribution >= 4 is 17.4 Å². The molecule has 2 fully saturated rings. The highest BCUT2D eigenvalue weighted by Gasteiger charge is 2.57. The minimum atomic E-state index is -0.157. The first-order valence-corrected chi connectivity index (χ1v) is 13.0. The number of hydrogen-bond acceptors (Lipinski definition) is 2. The quantitative estimate of drug-likeness (QED) is 0.327. The molecule has 0 N–H and O–H groups in total. The Morgan fingerprint density at radius 3 is 2.62 bits per heavy atom. The van der Waals surface area contributed by atoms with Crippen molar-refractivity contribution in [2.24, 2.45) is 17.3 Å². The Morgan fingerprint density at radius 1 is 1.00 bits per heavy atom. The number of Topliss-reactive ketones (excluding diaryl/α,β-unsaturated/α-hetero) is 1. The largest absolute Gasteiger partial charge is 0.494 e. The van der Waals surface area contributed by atoms with Crippen LogP contribution < -0.4 is 4.74 Å². The first-order chi connectivity index (χ1) is 15.6. The molecule has 0 unspecified atom stereocenters. The molecule has 170 valence electrons. The highest BCUT2D eigenvalue weighted by atomic mass is 35.5. The number of ether oxygens (including phenoxy) is 1. The zero-order valence-electron chi connectivity index (χ0n) is 19.2. The zero-order chi connectivity index (χ0) is 22.1. The summed E-state index contributed by atoms with van der Waals surface area (Å²) in [4.78, 5) is 13.0. The van der Waals surface area contributed by atoms with Gasteiger partial charge in [-0.2, -0.15) is 0 Å². The smallest absolute Gasteiger partial charge is 0.139 e. The molecule has 0 aromatic heterocycles. The average Bonchev–Trinajstić information content (AvgIpc) is 3.13. The fourth-order valence-electron chi connectivity index (χ4n) is 7.12. The van der Waals surface area contributed by atoms with E-state index in [9.17, 15) is 4.79 Å². The molecule has 0 radical (unpaired) electrons. The molecular formula is C29H35ClO2. The molecule has 3 heteroatoms. The number of aryl methyl sites for hydroxylation is 1. The van der Waals surface area contributed by atoms with E-state index >= 15 is 0 Å². The van der Waals surface area contributed by atoms with Crippen LogP contribution in [0.2, 0.25) is 0 Å². The number of carbonyl (C=O) groups is 1. The average molecular weight is 451 g/mol. The number of alkyl halides is 1. The fraction of sp³-hybridized carbons (Fsp3) is 0.552. The standard InChI is InChI=1S/C29H35ClO2/c1-29-19-25(21-9-12-22(13-10-21)32-18-6-2-5-17-30)28-23-8-4-3-7-20(23)11-14-24(28)26(29)15-16-27(29)31/h3-4,7-10,12-13,24-26,28H,2,5-6,11,14-19H2,1H3/t24-,25+,26-,28+,29-/m0/s1. The van der Waals surface area contributed by atoms with E-state index in [0.29, 0.717) is 29.5 Å². The van der Waals surface area contributed by atoms with Gasteiger partial charge in [-0.05, 0) is 97.4 Å². The molecule has 0 spiro atoms. The van der Waals surface area contributed by atoms with Crippen molar-refractivity contribution < 1.29 is 9.53 Å². The van der Waals surface area contributed by atoms with Crippen LogP contribution in [0.1, 0.15) is 80.4 Å². The monoisotopic (exact) mass is 450 g/mol. The lowest BCUT2D eigenvalue weighted by Gasteiger charge is -2.52. The van der Waals surface area contributed by atoms with Crippen molar-refractivity contribution in [2.75, 3.05) is 12.5 Å². The molecule has 0 aliphatic heterocycles. The van der Waals surface area contributed by atoms with Crippen molar-refractivity contribution in [2.45, 2.75) is 70.1 Å². The van der Waals surface area contributed by atoms with Crippen LogP contribution in [-0.2, 0) is 11.2 Å². The topological polar surface area (TPSA) is 26.3 Å². The van der Waals surface area contributed by atoms with Gasteiger partial charge in [0.1, 0.15) is 11.5 Å². The van der Waals surface area contributed by atoms with Gasteiger partial charge in [0.2, 0.25) is 0 Å². The molecule has 2 aromatic carbocycles. The first kappa shape index (κ1) is 22.0. The Labute approximate surface area is 197 Å². The van der Waals surface area contributed by atoms with E-state index in [1.54, 1.807) is 0 Å². The Hall–Kier alpha value is -1.80. The second kappa shape index (κ2) is 9.21. The van der Waals surface area contributed by atoms with E-state index in [2.05, 4.69) is 55.5 Å². The van der Waals surface area contributed by atoms with Crippen LogP contribution in [-0.4, -0.2) is 18.3 Å². The number of carbonyl (C=O) groups excluding carboxylic acids is 1. The summed E-state index contributed by atoms with van der Waals surface area (Å²) in [7, 11) is 0. The predicted molar refractivity (Wildman–Crippen MR) is 131 cm³/mol. The maximum atomic E-state index is 13.0. The lowest BCUT2D eigenvalue weighted by atomic mass is 9.51. The van der Waals surface area contributed by atoms with Gasteiger partial charge in [-0.3, -0.25) is 4.79 Å². The minimum absolute atomic E-state index is 0.157. The molecule has 0 bridgehead atoms. The number of benzene rings is 2. The fourth-order valence-corrected chi connectivity index (χ4v) is 7.31. The van der Waals surface area contributed by atoms with Crippen molar-refractivity contribution in [1.29, 1.82) is 0 Å². The van der Waals surface area contributed by atoms with Crippen LogP contribution in [0.25, 0.3) is 0 Å². The predicted octanol–water partition coefficient (Wildman–Crippen LogP) is 7.29. The molecular weight excluding hydrogens is 416 g/mol. The van der Waals surface area contributed by atoms with E-state index in [0.717, 1.165) is 63.2 Å². The maximum Gasteiger partial charge on any atom is 0.139 e. The normalized spacial score (nSPS) is 31.0. The number of ketones is 1. The van der Waals surface area contributed by atoms with Gasteiger partial charge in [-0.25, -0.2) is 0 Å². The van der Waals surface area contributed by atoms with Gasteiger partial charge >= 0.3 is 0 Å². The third-order valence-corrected chi connectivity index (χ3v) is 8.98. The van der Waals surface area contributed by atoms with Crippen molar-refractivity contribution in [1.82, 2.24) is 0 Å². The van der Waals surface area contributed by atoms with Crippen molar-refractivity contribution in [3.8, 4) is 5.75 Å². The number of fused-ring (bicyclic) bond motifs is 5. The lowest BCUT2D eigenvalue weighted by Crippen LogP contribution is -2.45. The van der Waals surface area contributed by atoms with Crippen LogP contribution in [0.5, 0.6) is 5.75 Å². The molecule has 3 aliphatic rings. The molecule has 3 aliphatic carbocycles. The summed E-state index contributed by atoms with van der Waals surface area (Å²) in [5.41, 5.74) is 4.26. The van der Waals surface area contributed by atoms with Gasteiger partial charge in [-0.1, -0.05) is 43.3 Å². The highest BCUT2D eigenvalue weighted by molar-refractivity contribution is 6.17. The molecule has 2 nitrogen and oxygen atoms in total. The van der Waals surface area contributed by atoms with Crippen LogP contribution >= 0.6 is 11.6 Å². The SMILES string of the molecule is C[C@]12C[C@H](c3ccc(OCCCCCCl)cc3)[C@@H]3c4ccccc4CC[C@H]3[C@@H]1CCC2=O. The lowest BCUT2D eigenvalue weighted by molar-refractivity contribution is -0.130. The Bertz CT molecular complexity index is 952. The maximum absolute atomic E-state index is 13.0. The van der Waals surface area contributed by atoms with Crippen LogP contribution in [0.15, 0.2) is 48.5 Å². The number of halogens is 1. The zero-order valence-corrected chi connectivity index (χ0v) is 19.9. The third kappa shape index (κ3) is 3.89. The molecule has 2 aromatic rings. The Morgan fingerprint density at radius 2 is 1.81 bits per heavy atom. The second-order valence-corrected chi connectivity index (χ2v) is 10.8. The van der Waals surface area contributed by atoms with E-state index in [-0.39, 0.29) is 5.41 Å². The summed E-state index contributed by atoms with van der Waals surface area (Å²) in [5.74, 6) is 4.23. The minimum Gasteiger partial charge on any atom is -0.494 e. The van der Waals surface area contributed by atoms with E-state index in [4.69, 9.17) is 16.3 Å². The number of hydrogen-bond donors (Lipinski definition) is 0. The molecule has 0 saturated heterocycles. The van der Waals surface area contributed by atoms with E-state index < -0.39 is 0 Å². The first-order valence-electron chi connectivity index (χ1n) is 12.5. The van der Waals surface area contributed by atoms with E-state index in [1.165, 1.54) is 23.1 Å². The van der Waals surface area contributed by atoms with Crippen molar-refractivity contribution in [3.05, 3.63) is 65.2 Å². The summed E-state index contributed by atoms with van der Waals surface area (Å²) in [5, 5.41) is 0. The van der Waals surface area contributed by atoms with Crippen LogP contribution in [0, 0.1) is 17.3 Å². The number of unbranched alkanes of at least 4 members (excludes halogenated alkanes) is 2. The second-order valence-electron chi connectivity index (χ2n) is 10.4. The molecule has 0 heterocycles. The van der Waals surface area contributed by atoms with E-state index in [1.807, 2.05) is 0 Å². The Balaban J connectivity index is 1.42. The van der Waals surface area contributed by atoms with Gasteiger partial charge < -0.3 is 4.74 Å². The van der Waals surface area contributed by atoms with Gasteiger partial charge in [0.25, 0.3) is 0 Å². The summed E-state index contributed by atoms with van der Waals surface area (Å²) < 4.78 is 5.97. The molecule has 2 saturated carbocycles. The number of rotatable bonds is 7. The van der Waals surface area contributed by atoms with Crippen LogP contribution in [0.4, 0.5) is 0 Å². The van der Waals surface area contributed by atoms with Gasteiger partial charge in [0.05, 0.1) is 6.61 Å².